The number of aryl methyl sites for hydroxylation is 1. The van der Waals surface area contributed by atoms with Gasteiger partial charge in [-0.1, -0.05) is 36.8 Å². The minimum absolute atomic E-state index is 0.133. The summed E-state index contributed by atoms with van der Waals surface area (Å²) in [7, 11) is 0. The summed E-state index contributed by atoms with van der Waals surface area (Å²) in [5.41, 5.74) is 1.37. The molecular weight excluding hydrogens is 288 g/mol. The van der Waals surface area contributed by atoms with Crippen LogP contribution in [0.1, 0.15) is 51.0 Å². The molecule has 126 valence electrons. The van der Waals surface area contributed by atoms with Crippen molar-refractivity contribution in [2.45, 2.75) is 57.9 Å². The lowest BCUT2D eigenvalue weighted by molar-refractivity contribution is -0.130. The lowest BCUT2D eigenvalue weighted by Crippen LogP contribution is -2.45. The van der Waals surface area contributed by atoms with E-state index in [-0.39, 0.29) is 17.9 Å². The molecule has 1 fully saturated rings. The van der Waals surface area contributed by atoms with Gasteiger partial charge in [0.2, 0.25) is 11.8 Å². The van der Waals surface area contributed by atoms with Crippen molar-refractivity contribution in [3.05, 3.63) is 35.9 Å². The van der Waals surface area contributed by atoms with Crippen LogP contribution in [0.2, 0.25) is 0 Å². The number of piperidine rings is 1. The first-order valence-corrected chi connectivity index (χ1v) is 8.74. The Morgan fingerprint density at radius 1 is 1.09 bits per heavy atom. The molecule has 0 spiro atoms. The number of carbonyl (C=O) groups excluding carboxylic acids is 2. The highest BCUT2D eigenvalue weighted by Gasteiger charge is 2.21. The molecule has 0 saturated carbocycles. The molecule has 0 bridgehead atoms. The smallest absolute Gasteiger partial charge is 0.220 e. The molecule has 1 aliphatic heterocycles. The lowest BCUT2D eigenvalue weighted by atomic mass is 10.0. The monoisotopic (exact) mass is 316 g/mol. The number of unbranched alkanes of at least 4 members (excludes halogenated alkanes) is 2. The summed E-state index contributed by atoms with van der Waals surface area (Å²) >= 11 is 0. The van der Waals surface area contributed by atoms with E-state index in [1.807, 2.05) is 11.0 Å². The maximum absolute atomic E-state index is 12.0. The summed E-state index contributed by atoms with van der Waals surface area (Å²) in [6.07, 6.45) is 6.62. The Balaban J connectivity index is 1.53. The zero-order chi connectivity index (χ0) is 16.5. The number of nitrogens with zero attached hydrogens (tertiary/aromatic N) is 1. The molecule has 1 N–H and O–H groups in total. The highest BCUT2D eigenvalue weighted by molar-refractivity contribution is 5.76. The molecule has 1 aromatic rings. The minimum atomic E-state index is 0.133. The van der Waals surface area contributed by atoms with Crippen LogP contribution in [0.25, 0.3) is 0 Å². The van der Waals surface area contributed by atoms with Gasteiger partial charge in [0.25, 0.3) is 0 Å². The van der Waals surface area contributed by atoms with Crippen LogP contribution in [0.3, 0.4) is 0 Å². The molecule has 4 heteroatoms. The number of hydrogen-bond acceptors (Lipinski definition) is 2. The SMILES string of the molecule is CC(=O)N1CCC(NC(=O)CCCCCc2ccccc2)CC1. The quantitative estimate of drug-likeness (QED) is 0.786. The van der Waals surface area contributed by atoms with Crippen molar-refractivity contribution >= 4 is 11.8 Å². The summed E-state index contributed by atoms with van der Waals surface area (Å²) < 4.78 is 0. The van der Waals surface area contributed by atoms with Gasteiger partial charge in [-0.3, -0.25) is 9.59 Å². The Morgan fingerprint density at radius 3 is 2.43 bits per heavy atom. The Labute approximate surface area is 139 Å². The van der Waals surface area contributed by atoms with Crippen molar-refractivity contribution in [2.24, 2.45) is 0 Å². The highest BCUT2D eigenvalue weighted by atomic mass is 16.2. The largest absolute Gasteiger partial charge is 0.353 e. The fourth-order valence-electron chi connectivity index (χ4n) is 3.07. The Hall–Kier alpha value is -1.84. The van der Waals surface area contributed by atoms with E-state index in [2.05, 4.69) is 29.6 Å². The summed E-state index contributed by atoms with van der Waals surface area (Å²) in [4.78, 5) is 25.1. The average molecular weight is 316 g/mol. The van der Waals surface area contributed by atoms with Crippen LogP contribution in [-0.2, 0) is 16.0 Å². The molecule has 0 radical (unpaired) electrons. The maximum Gasteiger partial charge on any atom is 0.220 e. The van der Waals surface area contributed by atoms with E-state index in [4.69, 9.17) is 0 Å². The number of amides is 2. The summed E-state index contributed by atoms with van der Waals surface area (Å²) in [6.45, 7) is 3.13. The van der Waals surface area contributed by atoms with Crippen LogP contribution >= 0.6 is 0 Å². The summed E-state index contributed by atoms with van der Waals surface area (Å²) in [5.74, 6) is 0.291. The van der Waals surface area contributed by atoms with E-state index < -0.39 is 0 Å². The molecule has 0 aliphatic carbocycles. The van der Waals surface area contributed by atoms with Crippen LogP contribution < -0.4 is 5.32 Å². The molecule has 1 saturated heterocycles. The fourth-order valence-corrected chi connectivity index (χ4v) is 3.07. The third-order valence-electron chi connectivity index (χ3n) is 4.52. The van der Waals surface area contributed by atoms with E-state index >= 15 is 0 Å². The first-order valence-electron chi connectivity index (χ1n) is 8.74. The van der Waals surface area contributed by atoms with E-state index in [0.717, 1.165) is 51.6 Å². The number of rotatable bonds is 7. The van der Waals surface area contributed by atoms with Crippen LogP contribution in [0, 0.1) is 0 Å². The summed E-state index contributed by atoms with van der Waals surface area (Å²) in [5, 5.41) is 3.11. The standard InChI is InChI=1S/C19H28N2O2/c1-16(22)21-14-12-18(13-15-21)20-19(23)11-7-3-6-10-17-8-4-2-5-9-17/h2,4-5,8-9,18H,3,6-7,10-15H2,1H3,(H,20,23). The molecule has 0 atom stereocenters. The maximum atomic E-state index is 12.0. The third-order valence-corrected chi connectivity index (χ3v) is 4.52. The van der Waals surface area contributed by atoms with Gasteiger partial charge in [0.05, 0.1) is 0 Å². The van der Waals surface area contributed by atoms with Crippen LogP contribution in [0.4, 0.5) is 0 Å². The molecule has 0 unspecified atom stereocenters. The number of benzene rings is 1. The normalized spacial score (nSPS) is 15.4. The number of likely N-dealkylation sites (tertiary alicyclic amines) is 1. The van der Waals surface area contributed by atoms with Gasteiger partial charge in [-0.2, -0.15) is 0 Å². The van der Waals surface area contributed by atoms with Crippen LogP contribution in [-0.4, -0.2) is 35.8 Å². The van der Waals surface area contributed by atoms with E-state index in [9.17, 15) is 9.59 Å². The second kappa shape index (κ2) is 9.33. The van der Waals surface area contributed by atoms with E-state index in [1.165, 1.54) is 5.56 Å². The van der Waals surface area contributed by atoms with Gasteiger partial charge >= 0.3 is 0 Å². The van der Waals surface area contributed by atoms with Gasteiger partial charge in [0.15, 0.2) is 0 Å². The van der Waals surface area contributed by atoms with Crippen LogP contribution in [0.15, 0.2) is 30.3 Å². The second-order valence-electron chi connectivity index (χ2n) is 6.39. The van der Waals surface area contributed by atoms with Crippen molar-refractivity contribution in [1.29, 1.82) is 0 Å². The molecule has 23 heavy (non-hydrogen) atoms. The lowest BCUT2D eigenvalue weighted by Gasteiger charge is -2.31. The molecule has 0 aromatic heterocycles. The van der Waals surface area contributed by atoms with E-state index in [1.54, 1.807) is 6.92 Å². The topological polar surface area (TPSA) is 49.4 Å². The van der Waals surface area contributed by atoms with Crippen molar-refractivity contribution in [3.63, 3.8) is 0 Å². The molecule has 4 nitrogen and oxygen atoms in total. The number of carbonyl (C=O) groups is 2. The molecule has 2 rings (SSSR count). The first kappa shape index (κ1) is 17.5. The first-order chi connectivity index (χ1) is 11.1. The van der Waals surface area contributed by atoms with Gasteiger partial charge in [0.1, 0.15) is 0 Å². The minimum Gasteiger partial charge on any atom is -0.353 e. The Kier molecular flexibility index (Phi) is 7.11. The highest BCUT2D eigenvalue weighted by Crippen LogP contribution is 2.11. The third kappa shape index (κ3) is 6.43. The predicted molar refractivity (Wildman–Crippen MR) is 92.0 cm³/mol. The molecule has 1 heterocycles. The zero-order valence-corrected chi connectivity index (χ0v) is 14.1. The van der Waals surface area contributed by atoms with Gasteiger partial charge in [0, 0.05) is 32.5 Å². The van der Waals surface area contributed by atoms with Crippen molar-refractivity contribution in [3.8, 4) is 0 Å². The Morgan fingerprint density at radius 2 is 1.78 bits per heavy atom. The fraction of sp³-hybridized carbons (Fsp3) is 0.579. The predicted octanol–water partition coefficient (Wildman–Crippen LogP) is 2.92. The van der Waals surface area contributed by atoms with Gasteiger partial charge < -0.3 is 10.2 Å². The molecule has 2 amide bonds. The molecule has 1 aliphatic rings. The molecule has 1 aromatic carbocycles. The second-order valence-corrected chi connectivity index (χ2v) is 6.39. The van der Waals surface area contributed by atoms with Gasteiger partial charge in [-0.15, -0.1) is 0 Å². The molecular formula is C19H28N2O2. The summed E-state index contributed by atoms with van der Waals surface area (Å²) in [6, 6.07) is 10.7. The van der Waals surface area contributed by atoms with Crippen molar-refractivity contribution in [2.75, 3.05) is 13.1 Å². The van der Waals surface area contributed by atoms with Crippen molar-refractivity contribution < 1.29 is 9.59 Å². The van der Waals surface area contributed by atoms with Gasteiger partial charge in [-0.05, 0) is 37.7 Å². The van der Waals surface area contributed by atoms with Crippen molar-refractivity contribution in [1.82, 2.24) is 10.2 Å². The van der Waals surface area contributed by atoms with E-state index in [0.29, 0.717) is 6.42 Å². The average Bonchev–Trinajstić information content (AvgIpc) is 2.56. The zero-order valence-electron chi connectivity index (χ0n) is 14.1. The Bertz CT molecular complexity index is 493. The van der Waals surface area contributed by atoms with Gasteiger partial charge in [-0.25, -0.2) is 0 Å². The number of hydrogen-bond donors (Lipinski definition) is 1. The number of nitrogens with one attached hydrogen (secondary N) is 1. The van der Waals surface area contributed by atoms with Crippen LogP contribution in [0.5, 0.6) is 0 Å².